The molecule has 2 N–H and O–H groups in total. The number of carbonyl (C=O) groups is 1. The number of benzene rings is 1. The summed E-state index contributed by atoms with van der Waals surface area (Å²) >= 11 is 0. The molecule has 1 amide bonds. The van der Waals surface area contributed by atoms with Gasteiger partial charge in [0.25, 0.3) is 0 Å². The summed E-state index contributed by atoms with van der Waals surface area (Å²) in [5.41, 5.74) is 2.02. The lowest BCUT2D eigenvalue weighted by atomic mass is 9.91. The van der Waals surface area contributed by atoms with E-state index in [0.717, 1.165) is 50.0 Å². The van der Waals surface area contributed by atoms with Gasteiger partial charge in [-0.25, -0.2) is 13.1 Å². The maximum atomic E-state index is 13.0. The molecule has 1 saturated carbocycles. The minimum atomic E-state index is -3.50. The number of hydrogen-bond donors (Lipinski definition) is 2. The normalized spacial score (nSPS) is 24.9. The van der Waals surface area contributed by atoms with Gasteiger partial charge < -0.3 is 10.2 Å². The largest absolute Gasteiger partial charge is 0.317 e. The van der Waals surface area contributed by atoms with Gasteiger partial charge >= 0.3 is 0 Å². The first-order valence-corrected chi connectivity index (χ1v) is 10.0. The molecule has 6 nitrogen and oxygen atoms in total. The molecule has 1 spiro atoms. The third-order valence-corrected chi connectivity index (χ3v) is 7.30. The van der Waals surface area contributed by atoms with Gasteiger partial charge in [0.2, 0.25) is 15.9 Å². The minimum absolute atomic E-state index is 0.107. The highest BCUT2D eigenvalue weighted by Crippen LogP contribution is 2.59. The van der Waals surface area contributed by atoms with Crippen LogP contribution in [0.15, 0.2) is 23.1 Å². The van der Waals surface area contributed by atoms with Crippen molar-refractivity contribution in [2.24, 2.45) is 11.3 Å². The molecule has 1 saturated heterocycles. The van der Waals surface area contributed by atoms with E-state index in [0.29, 0.717) is 6.54 Å². The molecular formula is C17H23N3O3S. The highest BCUT2D eigenvalue weighted by atomic mass is 32.2. The van der Waals surface area contributed by atoms with Gasteiger partial charge in [-0.2, -0.15) is 0 Å². The van der Waals surface area contributed by atoms with Crippen LogP contribution in [0.1, 0.15) is 24.8 Å². The number of fused-ring (bicyclic) bond motifs is 1. The molecule has 0 bridgehead atoms. The molecule has 130 valence electrons. The van der Waals surface area contributed by atoms with Gasteiger partial charge in [0.05, 0.1) is 4.90 Å². The Kier molecular flexibility index (Phi) is 3.71. The van der Waals surface area contributed by atoms with Gasteiger partial charge in [0.1, 0.15) is 0 Å². The summed E-state index contributed by atoms with van der Waals surface area (Å²) in [6.07, 6.45) is 3.91. The van der Waals surface area contributed by atoms with Crippen molar-refractivity contribution < 1.29 is 13.2 Å². The van der Waals surface area contributed by atoms with Crippen LogP contribution in [0.5, 0.6) is 0 Å². The van der Waals surface area contributed by atoms with E-state index < -0.39 is 10.0 Å². The van der Waals surface area contributed by atoms with Crippen LogP contribution in [0.25, 0.3) is 0 Å². The smallest absolute Gasteiger partial charge is 0.240 e. The summed E-state index contributed by atoms with van der Waals surface area (Å²) in [4.78, 5) is 15.0. The quantitative estimate of drug-likeness (QED) is 0.849. The predicted molar refractivity (Wildman–Crippen MR) is 91.4 cm³/mol. The Labute approximate surface area is 142 Å². The van der Waals surface area contributed by atoms with Gasteiger partial charge in [-0.15, -0.1) is 0 Å². The van der Waals surface area contributed by atoms with Crippen molar-refractivity contribution in [3.63, 3.8) is 0 Å². The standard InChI is InChI=1S/C17H23N3O3S/c1-18-24(22,23)13-3-2-12-4-9-20(15(12)10-13)16(21)14-11-17(14)5-7-19-8-6-17/h2-3,10,14,18-19H,4-9,11H2,1H3. The first-order valence-electron chi connectivity index (χ1n) is 8.55. The summed E-state index contributed by atoms with van der Waals surface area (Å²) in [6, 6.07) is 5.09. The Morgan fingerprint density at radius 3 is 2.79 bits per heavy atom. The second-order valence-corrected chi connectivity index (χ2v) is 8.99. The van der Waals surface area contributed by atoms with Gasteiger partial charge in [0, 0.05) is 18.2 Å². The first-order chi connectivity index (χ1) is 11.5. The molecule has 7 heteroatoms. The Hall–Kier alpha value is -1.44. The molecule has 4 rings (SSSR count). The number of hydrogen-bond acceptors (Lipinski definition) is 4. The van der Waals surface area contributed by atoms with Crippen molar-refractivity contribution in [1.82, 2.24) is 10.0 Å². The molecule has 1 aliphatic carbocycles. The highest BCUT2D eigenvalue weighted by Gasteiger charge is 2.59. The SMILES string of the molecule is CNS(=O)(=O)c1ccc2c(c1)N(C(=O)C1CC13CCNCC3)CC2. The van der Waals surface area contributed by atoms with E-state index in [2.05, 4.69) is 10.0 Å². The monoisotopic (exact) mass is 349 g/mol. The fourth-order valence-electron chi connectivity index (χ4n) is 4.24. The van der Waals surface area contributed by atoms with Gasteiger partial charge in [-0.05, 0) is 68.9 Å². The van der Waals surface area contributed by atoms with E-state index in [1.807, 2.05) is 11.0 Å². The van der Waals surface area contributed by atoms with Crippen molar-refractivity contribution in [1.29, 1.82) is 0 Å². The van der Waals surface area contributed by atoms with Crippen LogP contribution in [0, 0.1) is 11.3 Å². The molecule has 0 radical (unpaired) electrons. The molecule has 24 heavy (non-hydrogen) atoms. The maximum Gasteiger partial charge on any atom is 0.240 e. The fourth-order valence-corrected chi connectivity index (χ4v) is 4.98. The van der Waals surface area contributed by atoms with Crippen LogP contribution < -0.4 is 14.9 Å². The van der Waals surface area contributed by atoms with Gasteiger partial charge in [-0.3, -0.25) is 4.79 Å². The first kappa shape index (κ1) is 16.1. The number of nitrogens with one attached hydrogen (secondary N) is 2. The predicted octanol–water partition coefficient (Wildman–Crippen LogP) is 0.873. The zero-order valence-corrected chi connectivity index (χ0v) is 14.7. The summed E-state index contributed by atoms with van der Waals surface area (Å²) in [7, 11) is -2.10. The fraction of sp³-hybridized carbons (Fsp3) is 0.588. The summed E-state index contributed by atoms with van der Waals surface area (Å²) in [5.74, 6) is 0.282. The summed E-state index contributed by atoms with van der Waals surface area (Å²) < 4.78 is 26.4. The lowest BCUT2D eigenvalue weighted by Gasteiger charge is -2.25. The van der Waals surface area contributed by atoms with E-state index in [4.69, 9.17) is 0 Å². The van der Waals surface area contributed by atoms with Crippen LogP contribution in [0.3, 0.4) is 0 Å². The third kappa shape index (κ3) is 2.46. The third-order valence-electron chi connectivity index (χ3n) is 5.88. The lowest BCUT2D eigenvalue weighted by molar-refractivity contribution is -0.120. The molecular weight excluding hydrogens is 326 g/mol. The average molecular weight is 349 g/mol. The maximum absolute atomic E-state index is 13.0. The number of anilines is 1. The van der Waals surface area contributed by atoms with E-state index in [-0.39, 0.29) is 22.1 Å². The zero-order chi connectivity index (χ0) is 16.9. The van der Waals surface area contributed by atoms with Crippen LogP contribution in [0.2, 0.25) is 0 Å². The van der Waals surface area contributed by atoms with Crippen molar-refractivity contribution in [2.45, 2.75) is 30.6 Å². The van der Waals surface area contributed by atoms with Gasteiger partial charge in [-0.1, -0.05) is 6.07 Å². The molecule has 1 unspecified atom stereocenters. The number of amides is 1. The van der Waals surface area contributed by atoms with E-state index in [1.165, 1.54) is 7.05 Å². The Morgan fingerprint density at radius 1 is 1.33 bits per heavy atom. The minimum Gasteiger partial charge on any atom is -0.317 e. The number of piperidine rings is 1. The molecule has 1 aromatic rings. The molecule has 1 aromatic carbocycles. The number of nitrogens with zero attached hydrogens (tertiary/aromatic N) is 1. The van der Waals surface area contributed by atoms with Crippen LogP contribution in [0.4, 0.5) is 5.69 Å². The molecule has 2 fully saturated rings. The summed E-state index contributed by atoms with van der Waals surface area (Å²) in [6.45, 7) is 2.64. The Morgan fingerprint density at radius 2 is 2.08 bits per heavy atom. The second-order valence-electron chi connectivity index (χ2n) is 7.11. The second kappa shape index (κ2) is 5.54. The van der Waals surface area contributed by atoms with Crippen molar-refractivity contribution in [3.8, 4) is 0 Å². The average Bonchev–Trinajstić information content (AvgIpc) is 3.11. The molecule has 2 aliphatic heterocycles. The molecule has 1 atom stereocenters. The van der Waals surface area contributed by atoms with Crippen LogP contribution in [-0.2, 0) is 21.2 Å². The number of carbonyl (C=O) groups excluding carboxylic acids is 1. The van der Waals surface area contributed by atoms with Crippen LogP contribution >= 0.6 is 0 Å². The summed E-state index contributed by atoms with van der Waals surface area (Å²) in [5, 5.41) is 3.36. The highest BCUT2D eigenvalue weighted by molar-refractivity contribution is 7.89. The number of sulfonamides is 1. The van der Waals surface area contributed by atoms with Crippen LogP contribution in [-0.4, -0.2) is 41.0 Å². The Bertz CT molecular complexity index is 784. The Balaban J connectivity index is 1.60. The zero-order valence-electron chi connectivity index (χ0n) is 13.8. The van der Waals surface area contributed by atoms with Crippen molar-refractivity contribution in [3.05, 3.63) is 23.8 Å². The lowest BCUT2D eigenvalue weighted by Crippen LogP contribution is -2.35. The van der Waals surface area contributed by atoms with Crippen molar-refractivity contribution >= 4 is 21.6 Å². The molecule has 0 aromatic heterocycles. The topological polar surface area (TPSA) is 78.5 Å². The number of rotatable bonds is 3. The van der Waals surface area contributed by atoms with E-state index >= 15 is 0 Å². The van der Waals surface area contributed by atoms with Gasteiger partial charge in [0.15, 0.2) is 0 Å². The van der Waals surface area contributed by atoms with E-state index in [1.54, 1.807) is 12.1 Å². The molecule has 2 heterocycles. The van der Waals surface area contributed by atoms with Crippen molar-refractivity contribution in [2.75, 3.05) is 31.6 Å². The molecule has 3 aliphatic rings. The van der Waals surface area contributed by atoms with E-state index in [9.17, 15) is 13.2 Å².